The van der Waals surface area contributed by atoms with E-state index in [0.717, 1.165) is 13.0 Å². The summed E-state index contributed by atoms with van der Waals surface area (Å²) in [6.07, 6.45) is 0.863. The molecule has 0 aromatic rings. The molecule has 0 amide bonds. The fourth-order valence-corrected chi connectivity index (χ4v) is 0.840. The first-order chi connectivity index (χ1) is 4.72. The molecule has 0 aliphatic rings. The second kappa shape index (κ2) is 5.38. The molecule has 3 heteroatoms. The molecule has 10 heavy (non-hydrogen) atoms. The molecule has 0 spiro atoms. The molecule has 2 N–H and O–H groups in total. The summed E-state index contributed by atoms with van der Waals surface area (Å²) in [6.45, 7) is 2.49. The van der Waals surface area contributed by atoms with Crippen molar-refractivity contribution >= 4 is 5.78 Å². The van der Waals surface area contributed by atoms with Crippen molar-refractivity contribution in [3.63, 3.8) is 0 Å². The molecule has 0 aliphatic heterocycles. The highest BCUT2D eigenvalue weighted by atomic mass is 16.1. The Morgan fingerprint density at radius 3 is 2.40 bits per heavy atom. The largest absolute Gasteiger partial charge is 0.320 e. The van der Waals surface area contributed by atoms with Gasteiger partial charge in [0.2, 0.25) is 0 Å². The molecule has 0 aromatic carbocycles. The first-order valence-electron chi connectivity index (χ1n) is 3.54. The third-order valence-electron chi connectivity index (χ3n) is 1.52. The Hall–Kier alpha value is -0.410. The molecule has 0 aromatic heterocycles. The van der Waals surface area contributed by atoms with Gasteiger partial charge in [-0.1, -0.05) is 0 Å². The van der Waals surface area contributed by atoms with Gasteiger partial charge in [-0.3, -0.25) is 4.79 Å². The number of ketones is 1. The molecule has 3 nitrogen and oxygen atoms in total. The van der Waals surface area contributed by atoms with Gasteiger partial charge in [-0.05, 0) is 34.0 Å². The molecule has 0 aliphatic carbocycles. The van der Waals surface area contributed by atoms with Gasteiger partial charge in [0.05, 0.1) is 6.04 Å². The third kappa shape index (κ3) is 3.58. The highest BCUT2D eigenvalue weighted by Gasteiger charge is 2.08. The van der Waals surface area contributed by atoms with Crippen LogP contribution in [-0.4, -0.2) is 32.5 Å². The van der Waals surface area contributed by atoms with Crippen LogP contribution in [0.3, 0.4) is 0 Å². The lowest BCUT2D eigenvalue weighted by Crippen LogP contribution is -2.34. The summed E-state index contributed by atoms with van der Waals surface area (Å²) >= 11 is 0. The Labute approximate surface area is 62.2 Å². The number of rotatable bonds is 5. The number of nitrogens with one attached hydrogen (secondary N) is 2. The summed E-state index contributed by atoms with van der Waals surface area (Å²) in [7, 11) is 3.69. The molecule has 0 radical (unpaired) electrons. The Morgan fingerprint density at radius 2 is 2.10 bits per heavy atom. The van der Waals surface area contributed by atoms with Crippen LogP contribution in [0.15, 0.2) is 0 Å². The standard InChI is InChI=1S/C7H16N2O/c1-6(10)7(9-3)4-5-8-2/h7-9H,4-5H2,1-3H3. The zero-order valence-corrected chi connectivity index (χ0v) is 6.90. The van der Waals surface area contributed by atoms with Crippen LogP contribution in [0, 0.1) is 0 Å². The van der Waals surface area contributed by atoms with Crippen molar-refractivity contribution in [1.82, 2.24) is 10.6 Å². The predicted molar refractivity (Wildman–Crippen MR) is 42.1 cm³/mol. The van der Waals surface area contributed by atoms with Crippen molar-refractivity contribution in [1.29, 1.82) is 0 Å². The zero-order valence-electron chi connectivity index (χ0n) is 6.90. The number of hydrogen-bond acceptors (Lipinski definition) is 3. The lowest BCUT2D eigenvalue weighted by Gasteiger charge is -2.10. The number of Topliss-reactive ketones (excluding diaryl/α,β-unsaturated/α-hetero) is 1. The van der Waals surface area contributed by atoms with Gasteiger partial charge in [0.15, 0.2) is 0 Å². The van der Waals surface area contributed by atoms with E-state index in [2.05, 4.69) is 10.6 Å². The van der Waals surface area contributed by atoms with Gasteiger partial charge in [0.25, 0.3) is 0 Å². The predicted octanol–water partition coefficient (Wildman–Crippen LogP) is -0.227. The van der Waals surface area contributed by atoms with E-state index in [0.29, 0.717) is 0 Å². The van der Waals surface area contributed by atoms with Crippen molar-refractivity contribution in [2.24, 2.45) is 0 Å². The van der Waals surface area contributed by atoms with E-state index in [1.54, 1.807) is 6.92 Å². The Bertz CT molecular complexity index is 104. The molecule has 0 rings (SSSR count). The van der Waals surface area contributed by atoms with Crippen molar-refractivity contribution in [3.8, 4) is 0 Å². The van der Waals surface area contributed by atoms with E-state index < -0.39 is 0 Å². The van der Waals surface area contributed by atoms with Gasteiger partial charge in [0.1, 0.15) is 5.78 Å². The van der Waals surface area contributed by atoms with Crippen LogP contribution in [0.1, 0.15) is 13.3 Å². The van der Waals surface area contributed by atoms with E-state index in [1.165, 1.54) is 0 Å². The van der Waals surface area contributed by atoms with Gasteiger partial charge in [-0.15, -0.1) is 0 Å². The highest BCUT2D eigenvalue weighted by Crippen LogP contribution is 1.90. The van der Waals surface area contributed by atoms with Crippen LogP contribution < -0.4 is 10.6 Å². The lowest BCUT2D eigenvalue weighted by molar-refractivity contribution is -0.118. The minimum absolute atomic E-state index is 0.0208. The Kier molecular flexibility index (Phi) is 5.16. The summed E-state index contributed by atoms with van der Waals surface area (Å²) in [6, 6.07) is 0.0208. The van der Waals surface area contributed by atoms with Crippen molar-refractivity contribution < 1.29 is 4.79 Å². The normalized spacial score (nSPS) is 13.1. The van der Waals surface area contributed by atoms with Gasteiger partial charge < -0.3 is 10.6 Å². The van der Waals surface area contributed by atoms with E-state index in [-0.39, 0.29) is 11.8 Å². The monoisotopic (exact) mass is 144 g/mol. The number of carbonyl (C=O) groups is 1. The second-order valence-corrected chi connectivity index (χ2v) is 2.34. The van der Waals surface area contributed by atoms with E-state index in [4.69, 9.17) is 0 Å². The lowest BCUT2D eigenvalue weighted by atomic mass is 10.1. The number of carbonyl (C=O) groups excluding carboxylic acids is 1. The third-order valence-corrected chi connectivity index (χ3v) is 1.52. The van der Waals surface area contributed by atoms with Crippen molar-refractivity contribution in [2.75, 3.05) is 20.6 Å². The van der Waals surface area contributed by atoms with Crippen LogP contribution in [0.2, 0.25) is 0 Å². The SMILES string of the molecule is CNCCC(NC)C(C)=O. The molecule has 0 heterocycles. The van der Waals surface area contributed by atoms with E-state index >= 15 is 0 Å². The average Bonchev–Trinajstić information content (AvgIpc) is 1.89. The van der Waals surface area contributed by atoms with Crippen LogP contribution in [0.5, 0.6) is 0 Å². The second-order valence-electron chi connectivity index (χ2n) is 2.34. The first kappa shape index (κ1) is 9.59. The minimum atomic E-state index is 0.0208. The topological polar surface area (TPSA) is 41.1 Å². The quantitative estimate of drug-likeness (QED) is 0.560. The molecular formula is C7H16N2O. The van der Waals surface area contributed by atoms with Crippen LogP contribution in [0.25, 0.3) is 0 Å². The molecule has 0 bridgehead atoms. The molecule has 0 fully saturated rings. The molecule has 0 saturated heterocycles. The summed E-state index contributed by atoms with van der Waals surface area (Å²) in [5.74, 6) is 0.206. The van der Waals surface area contributed by atoms with E-state index in [9.17, 15) is 4.79 Å². The fraction of sp³-hybridized carbons (Fsp3) is 0.857. The van der Waals surface area contributed by atoms with Gasteiger partial charge >= 0.3 is 0 Å². The van der Waals surface area contributed by atoms with Gasteiger partial charge in [-0.2, -0.15) is 0 Å². The Morgan fingerprint density at radius 1 is 1.50 bits per heavy atom. The van der Waals surface area contributed by atoms with Crippen molar-refractivity contribution in [3.05, 3.63) is 0 Å². The Balaban J connectivity index is 3.50. The summed E-state index contributed by atoms with van der Waals surface area (Å²) in [5, 5.41) is 5.94. The molecule has 60 valence electrons. The molecule has 1 atom stereocenters. The van der Waals surface area contributed by atoms with Crippen LogP contribution >= 0.6 is 0 Å². The average molecular weight is 144 g/mol. The minimum Gasteiger partial charge on any atom is -0.320 e. The molecule has 0 saturated carbocycles. The maximum Gasteiger partial charge on any atom is 0.146 e. The zero-order chi connectivity index (χ0) is 7.98. The van der Waals surface area contributed by atoms with Crippen molar-refractivity contribution in [2.45, 2.75) is 19.4 Å². The van der Waals surface area contributed by atoms with Gasteiger partial charge in [0, 0.05) is 0 Å². The van der Waals surface area contributed by atoms with E-state index in [1.807, 2.05) is 14.1 Å². The first-order valence-corrected chi connectivity index (χ1v) is 3.54. The van der Waals surface area contributed by atoms with Crippen LogP contribution in [0.4, 0.5) is 0 Å². The summed E-state index contributed by atoms with van der Waals surface area (Å²) < 4.78 is 0. The number of hydrogen-bond donors (Lipinski definition) is 2. The summed E-state index contributed by atoms with van der Waals surface area (Å²) in [5.41, 5.74) is 0. The molecular weight excluding hydrogens is 128 g/mol. The van der Waals surface area contributed by atoms with Gasteiger partial charge in [-0.25, -0.2) is 0 Å². The highest BCUT2D eigenvalue weighted by molar-refractivity contribution is 5.81. The fourth-order valence-electron chi connectivity index (χ4n) is 0.840. The summed E-state index contributed by atoms with van der Waals surface area (Å²) in [4.78, 5) is 10.8. The molecule has 1 unspecified atom stereocenters. The van der Waals surface area contributed by atoms with Crippen LogP contribution in [-0.2, 0) is 4.79 Å². The smallest absolute Gasteiger partial charge is 0.146 e. The number of likely N-dealkylation sites (N-methyl/N-ethyl adjacent to an activating group) is 1. The maximum atomic E-state index is 10.8. The maximum absolute atomic E-state index is 10.8.